The summed E-state index contributed by atoms with van der Waals surface area (Å²) >= 11 is 7.32. The fraction of sp³-hybridized carbons (Fsp3) is 0.0909. The second-order valence-electron chi connectivity index (χ2n) is 6.08. The smallest absolute Gasteiger partial charge is 0.159 e. The van der Waals surface area contributed by atoms with Gasteiger partial charge in [-0.25, -0.2) is 0 Å². The van der Waals surface area contributed by atoms with Gasteiger partial charge in [-0.1, -0.05) is 80.4 Å². The summed E-state index contributed by atoms with van der Waals surface area (Å²) in [5, 5.41) is 0. The number of Topliss-reactive ketones (excluding diaryl/α,β-unsaturated/α-hetero) is 2. The van der Waals surface area contributed by atoms with E-state index < -0.39 is 0 Å². The van der Waals surface area contributed by atoms with Crippen molar-refractivity contribution in [3.05, 3.63) is 80.7 Å². The topological polar surface area (TPSA) is 34.1 Å². The molecule has 3 aromatic rings. The number of hydrogen-bond donors (Lipinski definition) is 0. The van der Waals surface area contributed by atoms with Crippen molar-refractivity contribution in [2.45, 2.75) is 13.8 Å². The van der Waals surface area contributed by atoms with Crippen molar-refractivity contribution in [1.82, 2.24) is 0 Å². The van der Waals surface area contributed by atoms with Crippen LogP contribution < -0.4 is 0 Å². The standard InChI is InChI=1S/C22H16Br2O2/c1-13(25)15-3-7-17(8-4-15)19-11-22(24)20(12-21(19)23)18-9-5-16(6-10-18)14(2)26/h3-12H,1-2H3. The molecule has 0 spiro atoms. The van der Waals surface area contributed by atoms with Crippen LogP contribution in [0.3, 0.4) is 0 Å². The molecule has 0 unspecified atom stereocenters. The summed E-state index contributed by atoms with van der Waals surface area (Å²) in [6.07, 6.45) is 0. The molecule has 130 valence electrons. The highest BCUT2D eigenvalue weighted by Crippen LogP contribution is 2.38. The van der Waals surface area contributed by atoms with Crippen molar-refractivity contribution >= 4 is 43.4 Å². The lowest BCUT2D eigenvalue weighted by molar-refractivity contribution is 0.100. The molecule has 0 atom stereocenters. The Balaban J connectivity index is 2.00. The summed E-state index contributed by atoms with van der Waals surface area (Å²) < 4.78 is 1.92. The third-order valence-electron chi connectivity index (χ3n) is 4.26. The van der Waals surface area contributed by atoms with Crippen LogP contribution in [0.4, 0.5) is 0 Å². The van der Waals surface area contributed by atoms with Crippen molar-refractivity contribution in [2.75, 3.05) is 0 Å². The molecule has 0 saturated carbocycles. The van der Waals surface area contributed by atoms with Crippen molar-refractivity contribution in [1.29, 1.82) is 0 Å². The van der Waals surface area contributed by atoms with Crippen molar-refractivity contribution in [3.63, 3.8) is 0 Å². The molecule has 0 saturated heterocycles. The zero-order chi connectivity index (χ0) is 18.8. The molecule has 0 fully saturated rings. The minimum atomic E-state index is 0.0566. The van der Waals surface area contributed by atoms with Crippen LogP contribution >= 0.6 is 31.9 Å². The lowest BCUT2D eigenvalue weighted by Crippen LogP contribution is -1.92. The van der Waals surface area contributed by atoms with Crippen LogP contribution in [-0.4, -0.2) is 11.6 Å². The third-order valence-corrected chi connectivity index (χ3v) is 5.57. The lowest BCUT2D eigenvalue weighted by atomic mass is 9.98. The second kappa shape index (κ2) is 7.68. The maximum Gasteiger partial charge on any atom is 0.159 e. The summed E-state index contributed by atoms with van der Waals surface area (Å²) in [6, 6.07) is 19.3. The van der Waals surface area contributed by atoms with E-state index >= 15 is 0 Å². The molecular weight excluding hydrogens is 456 g/mol. The van der Waals surface area contributed by atoms with Crippen LogP contribution in [0.1, 0.15) is 34.6 Å². The lowest BCUT2D eigenvalue weighted by Gasteiger charge is -2.12. The van der Waals surface area contributed by atoms with Gasteiger partial charge >= 0.3 is 0 Å². The van der Waals surface area contributed by atoms with Crippen molar-refractivity contribution in [2.24, 2.45) is 0 Å². The van der Waals surface area contributed by atoms with Crippen LogP contribution in [0.2, 0.25) is 0 Å². The first-order chi connectivity index (χ1) is 12.4. The molecule has 2 nitrogen and oxygen atoms in total. The van der Waals surface area contributed by atoms with Gasteiger partial charge in [0.2, 0.25) is 0 Å². The summed E-state index contributed by atoms with van der Waals surface area (Å²) in [6.45, 7) is 3.13. The molecule has 0 heterocycles. The zero-order valence-electron chi connectivity index (χ0n) is 14.3. The molecule has 3 aromatic carbocycles. The molecule has 0 aromatic heterocycles. The van der Waals surface area contributed by atoms with Gasteiger partial charge in [-0.05, 0) is 48.2 Å². The number of carbonyl (C=O) groups excluding carboxylic acids is 2. The van der Waals surface area contributed by atoms with Crippen LogP contribution in [0.25, 0.3) is 22.3 Å². The summed E-state index contributed by atoms with van der Waals surface area (Å²) in [5.74, 6) is 0.113. The molecule has 0 aliphatic carbocycles. The Morgan fingerprint density at radius 1 is 0.615 bits per heavy atom. The van der Waals surface area contributed by atoms with Gasteiger partial charge in [0.25, 0.3) is 0 Å². The minimum absolute atomic E-state index is 0.0566. The maximum atomic E-state index is 11.4. The zero-order valence-corrected chi connectivity index (χ0v) is 17.5. The third kappa shape index (κ3) is 3.87. The minimum Gasteiger partial charge on any atom is -0.295 e. The molecule has 0 aliphatic heterocycles. The summed E-state index contributed by atoms with van der Waals surface area (Å²) in [7, 11) is 0. The van der Waals surface area contributed by atoms with E-state index in [2.05, 4.69) is 44.0 Å². The van der Waals surface area contributed by atoms with E-state index in [1.807, 2.05) is 48.5 Å². The Morgan fingerprint density at radius 3 is 1.19 bits per heavy atom. The maximum absolute atomic E-state index is 11.4. The van der Waals surface area contributed by atoms with Crippen molar-refractivity contribution in [3.8, 4) is 22.3 Å². The van der Waals surface area contributed by atoms with E-state index in [9.17, 15) is 9.59 Å². The van der Waals surface area contributed by atoms with E-state index in [1.165, 1.54) is 0 Å². The Hall–Kier alpha value is -2.04. The van der Waals surface area contributed by atoms with Crippen LogP contribution in [0.5, 0.6) is 0 Å². The highest BCUT2D eigenvalue weighted by Gasteiger charge is 2.11. The molecule has 4 heteroatoms. The van der Waals surface area contributed by atoms with Crippen LogP contribution in [-0.2, 0) is 0 Å². The predicted molar refractivity (Wildman–Crippen MR) is 113 cm³/mol. The molecule has 3 rings (SSSR count). The summed E-state index contributed by atoms with van der Waals surface area (Å²) in [5.41, 5.74) is 5.53. The fourth-order valence-corrected chi connectivity index (χ4v) is 3.90. The highest BCUT2D eigenvalue weighted by molar-refractivity contribution is 9.11. The molecule has 0 radical (unpaired) electrons. The average molecular weight is 472 g/mol. The number of carbonyl (C=O) groups is 2. The molecule has 0 amide bonds. The fourth-order valence-electron chi connectivity index (χ4n) is 2.76. The van der Waals surface area contributed by atoms with E-state index in [-0.39, 0.29) is 11.6 Å². The van der Waals surface area contributed by atoms with E-state index in [0.717, 1.165) is 31.2 Å². The number of halogens is 2. The van der Waals surface area contributed by atoms with Gasteiger partial charge in [-0.3, -0.25) is 9.59 Å². The first kappa shape index (κ1) is 18.7. The first-order valence-electron chi connectivity index (χ1n) is 8.08. The Bertz CT molecular complexity index is 905. The number of ketones is 2. The van der Waals surface area contributed by atoms with Gasteiger partial charge in [0.1, 0.15) is 0 Å². The largest absolute Gasteiger partial charge is 0.295 e. The predicted octanol–water partition coefficient (Wildman–Crippen LogP) is 6.95. The molecular formula is C22H16Br2O2. The van der Waals surface area contributed by atoms with Gasteiger partial charge < -0.3 is 0 Å². The quantitative estimate of drug-likeness (QED) is 0.385. The van der Waals surface area contributed by atoms with E-state index in [0.29, 0.717) is 11.1 Å². The van der Waals surface area contributed by atoms with E-state index in [4.69, 9.17) is 0 Å². The van der Waals surface area contributed by atoms with E-state index in [1.54, 1.807) is 13.8 Å². The molecule has 0 aliphatic rings. The summed E-state index contributed by atoms with van der Waals surface area (Å²) in [4.78, 5) is 22.9. The van der Waals surface area contributed by atoms with Crippen LogP contribution in [0.15, 0.2) is 69.6 Å². The average Bonchev–Trinajstić information content (AvgIpc) is 2.63. The Labute approximate surface area is 169 Å². The second-order valence-corrected chi connectivity index (χ2v) is 7.79. The SMILES string of the molecule is CC(=O)c1ccc(-c2cc(Br)c(-c3ccc(C(C)=O)cc3)cc2Br)cc1. The Kier molecular flexibility index (Phi) is 5.54. The Morgan fingerprint density at radius 2 is 0.923 bits per heavy atom. The van der Waals surface area contributed by atoms with Gasteiger partial charge in [0.15, 0.2) is 11.6 Å². The number of rotatable bonds is 4. The first-order valence-corrected chi connectivity index (χ1v) is 9.67. The normalized spacial score (nSPS) is 10.6. The number of hydrogen-bond acceptors (Lipinski definition) is 2. The number of benzene rings is 3. The van der Waals surface area contributed by atoms with Gasteiger partial charge in [0.05, 0.1) is 0 Å². The molecule has 0 N–H and O–H groups in total. The van der Waals surface area contributed by atoms with Crippen molar-refractivity contribution < 1.29 is 9.59 Å². The van der Waals surface area contributed by atoms with Gasteiger partial charge in [0, 0.05) is 20.1 Å². The monoisotopic (exact) mass is 470 g/mol. The highest BCUT2D eigenvalue weighted by atomic mass is 79.9. The van der Waals surface area contributed by atoms with Crippen LogP contribution in [0, 0.1) is 0 Å². The molecule has 0 bridgehead atoms. The molecule has 26 heavy (non-hydrogen) atoms. The van der Waals surface area contributed by atoms with Gasteiger partial charge in [-0.15, -0.1) is 0 Å². The van der Waals surface area contributed by atoms with Gasteiger partial charge in [-0.2, -0.15) is 0 Å².